The van der Waals surface area contributed by atoms with E-state index in [9.17, 15) is 4.39 Å². The Balaban J connectivity index is 2.01. The zero-order valence-electron chi connectivity index (χ0n) is 13.8. The van der Waals surface area contributed by atoms with Crippen LogP contribution in [0, 0.1) is 5.82 Å². The topological polar surface area (TPSA) is 24.5 Å². The first-order chi connectivity index (χ1) is 11.5. The third kappa shape index (κ3) is 6.06. The summed E-state index contributed by atoms with van der Waals surface area (Å²) in [5.74, 6) is 0.439. The Labute approximate surface area is 155 Å². The zero-order chi connectivity index (χ0) is 17.5. The lowest BCUT2D eigenvalue weighted by Crippen LogP contribution is -2.26. The first-order valence-corrected chi connectivity index (χ1v) is 8.83. The summed E-state index contributed by atoms with van der Waals surface area (Å²) in [6, 6.07) is 10.2. The molecule has 1 N–H and O–H groups in total. The van der Waals surface area contributed by atoms with Crippen molar-refractivity contribution in [2.45, 2.75) is 13.2 Å². The molecule has 0 spiro atoms. The van der Waals surface area contributed by atoms with Gasteiger partial charge in [0, 0.05) is 35.2 Å². The number of hydrogen-bond acceptors (Lipinski definition) is 3. The maximum absolute atomic E-state index is 13.1. The van der Waals surface area contributed by atoms with Gasteiger partial charge in [-0.15, -0.1) is 0 Å². The van der Waals surface area contributed by atoms with Gasteiger partial charge in [0.25, 0.3) is 0 Å². The summed E-state index contributed by atoms with van der Waals surface area (Å²) in [5.41, 5.74) is 1.81. The summed E-state index contributed by atoms with van der Waals surface area (Å²) < 4.78 is 20.0. The number of nitrogens with zero attached hydrogens (tertiary/aromatic N) is 1. The predicted octanol–water partition coefficient (Wildman–Crippen LogP) is 4.47. The number of rotatable bonds is 8. The van der Waals surface area contributed by atoms with Crippen LogP contribution in [0.15, 0.2) is 40.9 Å². The molecule has 2 rings (SSSR count). The maximum atomic E-state index is 13.1. The minimum absolute atomic E-state index is 0.297. The summed E-state index contributed by atoms with van der Waals surface area (Å²) in [6.45, 7) is 2.86. The van der Waals surface area contributed by atoms with Crippen molar-refractivity contribution < 1.29 is 9.13 Å². The van der Waals surface area contributed by atoms with Crippen molar-refractivity contribution in [3.8, 4) is 5.75 Å². The standard InChI is InChI=1S/C18H21BrClFN2O/c1-23(2)8-7-22-11-14-9-15(19)4-6-18(14)24-12-13-3-5-16(21)10-17(13)20/h3-6,9-10,22H,7-8,11-12H2,1-2H3. The van der Waals surface area contributed by atoms with Gasteiger partial charge in [-0.1, -0.05) is 33.6 Å². The normalized spacial score (nSPS) is 11.1. The quantitative estimate of drug-likeness (QED) is 0.644. The van der Waals surface area contributed by atoms with Crippen molar-refractivity contribution in [1.82, 2.24) is 10.2 Å². The molecule has 0 bridgehead atoms. The molecule has 0 radical (unpaired) electrons. The highest BCUT2D eigenvalue weighted by Crippen LogP contribution is 2.25. The Morgan fingerprint density at radius 3 is 2.67 bits per heavy atom. The summed E-state index contributed by atoms with van der Waals surface area (Å²) >= 11 is 9.54. The average Bonchev–Trinajstić information content (AvgIpc) is 2.52. The Bertz CT molecular complexity index is 682. The van der Waals surface area contributed by atoms with Gasteiger partial charge in [-0.2, -0.15) is 0 Å². The molecule has 6 heteroatoms. The van der Waals surface area contributed by atoms with E-state index in [1.807, 2.05) is 32.3 Å². The number of ether oxygens (including phenoxy) is 1. The smallest absolute Gasteiger partial charge is 0.124 e. The van der Waals surface area contributed by atoms with Gasteiger partial charge in [0.2, 0.25) is 0 Å². The van der Waals surface area contributed by atoms with Gasteiger partial charge in [0.1, 0.15) is 18.2 Å². The molecule has 3 nitrogen and oxygen atoms in total. The summed E-state index contributed by atoms with van der Waals surface area (Å²) in [4.78, 5) is 2.13. The molecule has 0 saturated heterocycles. The van der Waals surface area contributed by atoms with E-state index in [0.29, 0.717) is 18.2 Å². The van der Waals surface area contributed by atoms with E-state index in [-0.39, 0.29) is 5.82 Å². The second kappa shape index (κ2) is 9.37. The largest absolute Gasteiger partial charge is 0.489 e. The summed E-state index contributed by atoms with van der Waals surface area (Å²) in [7, 11) is 4.09. The van der Waals surface area contributed by atoms with E-state index in [1.54, 1.807) is 6.07 Å². The van der Waals surface area contributed by atoms with Crippen LogP contribution in [0.3, 0.4) is 0 Å². The van der Waals surface area contributed by atoms with Crippen molar-refractivity contribution in [3.63, 3.8) is 0 Å². The average molecular weight is 416 g/mol. The first-order valence-electron chi connectivity index (χ1n) is 7.66. The van der Waals surface area contributed by atoms with Crippen LogP contribution in [0.4, 0.5) is 4.39 Å². The minimum Gasteiger partial charge on any atom is -0.489 e. The molecule has 0 amide bonds. The first kappa shape index (κ1) is 19.2. The third-order valence-electron chi connectivity index (χ3n) is 3.47. The summed E-state index contributed by atoms with van der Waals surface area (Å²) in [6.07, 6.45) is 0. The molecular formula is C18H21BrClFN2O. The number of benzene rings is 2. The van der Waals surface area contributed by atoms with Crippen LogP contribution in [-0.4, -0.2) is 32.1 Å². The molecule has 0 heterocycles. The molecule has 2 aromatic carbocycles. The second-order valence-corrected chi connectivity index (χ2v) is 7.08. The maximum Gasteiger partial charge on any atom is 0.124 e. The van der Waals surface area contributed by atoms with Crippen molar-refractivity contribution >= 4 is 27.5 Å². The Hall–Kier alpha value is -1.14. The molecule has 24 heavy (non-hydrogen) atoms. The minimum atomic E-state index is -0.349. The second-order valence-electron chi connectivity index (χ2n) is 5.76. The van der Waals surface area contributed by atoms with Crippen LogP contribution in [0.2, 0.25) is 5.02 Å². The van der Waals surface area contributed by atoms with E-state index in [0.717, 1.165) is 34.4 Å². The van der Waals surface area contributed by atoms with Gasteiger partial charge < -0.3 is 15.0 Å². The van der Waals surface area contributed by atoms with E-state index in [4.69, 9.17) is 16.3 Å². The van der Waals surface area contributed by atoms with Crippen LogP contribution < -0.4 is 10.1 Å². The third-order valence-corrected chi connectivity index (χ3v) is 4.32. The highest BCUT2D eigenvalue weighted by molar-refractivity contribution is 9.10. The van der Waals surface area contributed by atoms with E-state index in [1.165, 1.54) is 12.1 Å². The molecule has 0 aliphatic carbocycles. The molecule has 0 fully saturated rings. The molecule has 2 aromatic rings. The molecule has 0 aliphatic rings. The molecule has 0 atom stereocenters. The lowest BCUT2D eigenvalue weighted by atomic mass is 10.2. The van der Waals surface area contributed by atoms with Gasteiger partial charge >= 0.3 is 0 Å². The van der Waals surface area contributed by atoms with E-state index < -0.39 is 0 Å². The highest BCUT2D eigenvalue weighted by atomic mass is 79.9. The van der Waals surface area contributed by atoms with Crippen LogP contribution in [0.1, 0.15) is 11.1 Å². The van der Waals surface area contributed by atoms with Crippen molar-refractivity contribution in [2.75, 3.05) is 27.2 Å². The highest BCUT2D eigenvalue weighted by Gasteiger charge is 2.08. The SMILES string of the molecule is CN(C)CCNCc1cc(Br)ccc1OCc1ccc(F)cc1Cl. The molecule has 0 aromatic heterocycles. The predicted molar refractivity (Wildman–Crippen MR) is 100 cm³/mol. The van der Waals surface area contributed by atoms with Crippen molar-refractivity contribution in [3.05, 3.63) is 62.8 Å². The van der Waals surface area contributed by atoms with Gasteiger partial charge in [0.15, 0.2) is 0 Å². The molecule has 0 saturated carbocycles. The molecule has 130 valence electrons. The lowest BCUT2D eigenvalue weighted by Gasteiger charge is -2.15. The number of nitrogens with one attached hydrogen (secondary N) is 1. The van der Waals surface area contributed by atoms with Crippen LogP contribution in [-0.2, 0) is 13.2 Å². The fraction of sp³-hybridized carbons (Fsp3) is 0.333. The van der Waals surface area contributed by atoms with Gasteiger partial charge in [-0.25, -0.2) is 4.39 Å². The number of halogens is 3. The fourth-order valence-corrected chi connectivity index (χ4v) is 2.78. The van der Waals surface area contributed by atoms with Gasteiger partial charge in [0.05, 0.1) is 5.02 Å². The van der Waals surface area contributed by atoms with Crippen molar-refractivity contribution in [1.29, 1.82) is 0 Å². The van der Waals surface area contributed by atoms with E-state index in [2.05, 4.69) is 26.1 Å². The lowest BCUT2D eigenvalue weighted by molar-refractivity contribution is 0.301. The zero-order valence-corrected chi connectivity index (χ0v) is 16.1. The monoisotopic (exact) mass is 414 g/mol. The molecule has 0 aliphatic heterocycles. The van der Waals surface area contributed by atoms with Crippen molar-refractivity contribution in [2.24, 2.45) is 0 Å². The summed E-state index contributed by atoms with van der Waals surface area (Å²) in [5, 5.41) is 3.77. The van der Waals surface area contributed by atoms with Gasteiger partial charge in [-0.3, -0.25) is 0 Å². The Morgan fingerprint density at radius 1 is 1.17 bits per heavy atom. The molecule has 0 unspecified atom stereocenters. The van der Waals surface area contributed by atoms with E-state index >= 15 is 0 Å². The fourth-order valence-electron chi connectivity index (χ4n) is 2.15. The van der Waals surface area contributed by atoms with Crippen LogP contribution in [0.25, 0.3) is 0 Å². The van der Waals surface area contributed by atoms with Crippen LogP contribution in [0.5, 0.6) is 5.75 Å². The number of hydrogen-bond donors (Lipinski definition) is 1. The Kier molecular flexibility index (Phi) is 7.49. The Morgan fingerprint density at radius 2 is 1.96 bits per heavy atom. The van der Waals surface area contributed by atoms with Gasteiger partial charge in [-0.05, 0) is 44.4 Å². The van der Waals surface area contributed by atoms with Crippen LogP contribution >= 0.6 is 27.5 Å². The molecular weight excluding hydrogens is 395 g/mol. The number of likely N-dealkylation sites (N-methyl/N-ethyl adjacent to an activating group) is 1.